The Morgan fingerprint density at radius 3 is 2.45 bits per heavy atom. The molecule has 1 aromatic rings. The van der Waals surface area contributed by atoms with Crippen LogP contribution in [0.3, 0.4) is 0 Å². The Bertz CT molecular complexity index is 1070. The van der Waals surface area contributed by atoms with Gasteiger partial charge in [0.2, 0.25) is 0 Å². The molecule has 174 valence electrons. The van der Waals surface area contributed by atoms with Gasteiger partial charge in [-0.3, -0.25) is 4.18 Å². The molecule has 3 aliphatic rings. The highest BCUT2D eigenvalue weighted by Crippen LogP contribution is 2.61. The Kier molecular flexibility index (Phi) is 5.92. The van der Waals surface area contributed by atoms with Crippen LogP contribution in [0.15, 0.2) is 12.1 Å². The van der Waals surface area contributed by atoms with E-state index in [-0.39, 0.29) is 11.5 Å². The molecule has 0 bridgehead atoms. The van der Waals surface area contributed by atoms with E-state index in [2.05, 4.69) is 13.0 Å². The molecule has 2 saturated carbocycles. The van der Waals surface area contributed by atoms with Gasteiger partial charge in [-0.15, -0.1) is 0 Å². The second kappa shape index (κ2) is 7.98. The summed E-state index contributed by atoms with van der Waals surface area (Å²) in [5.41, 5.74) is 3.07. The predicted molar refractivity (Wildman–Crippen MR) is 117 cm³/mol. The summed E-state index contributed by atoms with van der Waals surface area (Å²) in [6.45, 7) is 4.19. The summed E-state index contributed by atoms with van der Waals surface area (Å²) in [4.78, 5) is 0. The molecule has 0 radical (unpaired) electrons. The topological polar surface area (TPSA) is 139 Å². The molecule has 31 heavy (non-hydrogen) atoms. The molecule has 0 aromatic heterocycles. The van der Waals surface area contributed by atoms with Gasteiger partial charge in [0.1, 0.15) is 5.75 Å². The van der Waals surface area contributed by atoms with Crippen LogP contribution in [-0.4, -0.2) is 22.9 Å². The Hall–Kier alpha value is -1.20. The van der Waals surface area contributed by atoms with Gasteiger partial charge in [-0.1, -0.05) is 26.3 Å². The second-order valence-electron chi connectivity index (χ2n) is 9.60. The van der Waals surface area contributed by atoms with Crippen LogP contribution in [-0.2, 0) is 37.6 Å². The summed E-state index contributed by atoms with van der Waals surface area (Å²) in [5.74, 6) is 1.53. The van der Waals surface area contributed by atoms with E-state index in [9.17, 15) is 16.8 Å². The van der Waals surface area contributed by atoms with Crippen molar-refractivity contribution in [1.29, 1.82) is 0 Å². The predicted octanol–water partition coefficient (Wildman–Crippen LogP) is 2.67. The van der Waals surface area contributed by atoms with Crippen molar-refractivity contribution >= 4 is 20.6 Å². The lowest BCUT2D eigenvalue weighted by Crippen LogP contribution is -2.45. The van der Waals surface area contributed by atoms with E-state index >= 15 is 0 Å². The normalized spacial score (nSPS) is 32.8. The molecule has 5 atom stereocenters. The standard InChI is InChI=1S/C21H32N2O6S2/c1-3-4-14-11-17-13(12-19(14)28-30(22,24)25)5-6-16-15(17)9-10-21(2)18(16)7-8-20(21)29-31(23,26)27/h11-12,15-16,18,20H,3-10H2,1-2H3,(H2,22,24,25)(H2,23,26,27)/t15-,16+,18-,20-,21-/m0/s1. The van der Waals surface area contributed by atoms with Crippen molar-refractivity contribution in [3.63, 3.8) is 0 Å². The van der Waals surface area contributed by atoms with Gasteiger partial charge in [-0.25, -0.2) is 5.14 Å². The lowest BCUT2D eigenvalue weighted by molar-refractivity contribution is -0.00803. The minimum atomic E-state index is -4.08. The summed E-state index contributed by atoms with van der Waals surface area (Å²) < 4.78 is 56.6. The third-order valence-electron chi connectivity index (χ3n) is 7.79. The minimum absolute atomic E-state index is 0.200. The number of nitrogens with two attached hydrogens (primary N) is 2. The van der Waals surface area contributed by atoms with Crippen molar-refractivity contribution in [1.82, 2.24) is 0 Å². The smallest absolute Gasteiger partial charge is 0.371 e. The fourth-order valence-electron chi connectivity index (χ4n) is 6.59. The number of aryl methyl sites for hydroxylation is 2. The first-order valence-corrected chi connectivity index (χ1v) is 13.9. The van der Waals surface area contributed by atoms with Crippen molar-refractivity contribution < 1.29 is 25.2 Å². The fourth-order valence-corrected chi connectivity index (χ4v) is 7.63. The Morgan fingerprint density at radius 2 is 1.81 bits per heavy atom. The van der Waals surface area contributed by atoms with Gasteiger partial charge in [0.15, 0.2) is 0 Å². The summed E-state index contributed by atoms with van der Waals surface area (Å²) >= 11 is 0. The second-order valence-corrected chi connectivity index (χ2v) is 11.9. The van der Waals surface area contributed by atoms with E-state index in [1.807, 2.05) is 13.0 Å². The first-order chi connectivity index (χ1) is 14.4. The Labute approximate surface area is 185 Å². The van der Waals surface area contributed by atoms with Crippen molar-refractivity contribution in [2.75, 3.05) is 0 Å². The number of fused-ring (bicyclic) bond motifs is 5. The molecule has 1 aromatic carbocycles. The lowest BCUT2D eigenvalue weighted by atomic mass is 9.55. The highest BCUT2D eigenvalue weighted by molar-refractivity contribution is 7.84. The summed E-state index contributed by atoms with van der Waals surface area (Å²) in [6.07, 6.45) is 6.46. The molecular formula is C21H32N2O6S2. The summed E-state index contributed by atoms with van der Waals surface area (Å²) in [6, 6.07) is 3.97. The first kappa shape index (κ1) is 23.0. The molecule has 3 aliphatic carbocycles. The maximum absolute atomic E-state index is 11.6. The maximum atomic E-state index is 11.6. The van der Waals surface area contributed by atoms with Crippen LogP contribution in [0.2, 0.25) is 0 Å². The highest BCUT2D eigenvalue weighted by atomic mass is 32.2. The van der Waals surface area contributed by atoms with Crippen LogP contribution in [0.25, 0.3) is 0 Å². The van der Waals surface area contributed by atoms with Gasteiger partial charge in [0, 0.05) is 0 Å². The molecule has 0 aliphatic heterocycles. The number of hydrogen-bond donors (Lipinski definition) is 2. The minimum Gasteiger partial charge on any atom is -0.371 e. The maximum Gasteiger partial charge on any atom is 0.380 e. The molecule has 4 rings (SSSR count). The Balaban J connectivity index is 1.66. The summed E-state index contributed by atoms with van der Waals surface area (Å²) in [7, 11) is -8.06. The molecule has 0 saturated heterocycles. The molecule has 4 N–H and O–H groups in total. The SMILES string of the molecule is CCCc1cc2c(cc1OS(N)(=O)=O)CC[C@@H]1[C@@H]2CC[C@]2(C)[C@@H](OS(N)(=O)=O)CC[C@@H]12. The number of rotatable bonds is 6. The van der Waals surface area contributed by atoms with Gasteiger partial charge >= 0.3 is 20.6 Å². The van der Waals surface area contributed by atoms with Crippen LogP contribution < -0.4 is 14.5 Å². The average molecular weight is 473 g/mol. The quantitative estimate of drug-likeness (QED) is 0.652. The molecule has 2 fully saturated rings. The van der Waals surface area contributed by atoms with E-state index in [0.717, 1.165) is 49.7 Å². The zero-order valence-corrected chi connectivity index (χ0v) is 19.7. The van der Waals surface area contributed by atoms with Gasteiger partial charge in [0.05, 0.1) is 6.10 Å². The van der Waals surface area contributed by atoms with Crippen LogP contribution in [0.5, 0.6) is 5.75 Å². The van der Waals surface area contributed by atoms with Crippen LogP contribution in [0.1, 0.15) is 75.0 Å². The lowest BCUT2D eigenvalue weighted by Gasteiger charge is -2.50. The molecule has 0 spiro atoms. The van der Waals surface area contributed by atoms with Crippen molar-refractivity contribution in [2.45, 2.75) is 77.2 Å². The van der Waals surface area contributed by atoms with Gasteiger partial charge in [0.25, 0.3) is 0 Å². The van der Waals surface area contributed by atoms with E-state index in [1.54, 1.807) is 0 Å². The van der Waals surface area contributed by atoms with Crippen molar-refractivity contribution in [2.24, 2.45) is 27.5 Å². The monoisotopic (exact) mass is 472 g/mol. The van der Waals surface area contributed by atoms with E-state index in [4.69, 9.17) is 18.6 Å². The van der Waals surface area contributed by atoms with E-state index < -0.39 is 20.6 Å². The summed E-state index contributed by atoms with van der Waals surface area (Å²) in [5, 5.41) is 10.3. The Morgan fingerprint density at radius 1 is 1.06 bits per heavy atom. The van der Waals surface area contributed by atoms with Crippen LogP contribution >= 0.6 is 0 Å². The van der Waals surface area contributed by atoms with E-state index in [1.165, 1.54) is 5.56 Å². The van der Waals surface area contributed by atoms with Crippen molar-refractivity contribution in [3.8, 4) is 5.75 Å². The molecule has 0 amide bonds. The largest absolute Gasteiger partial charge is 0.380 e. The molecule has 0 unspecified atom stereocenters. The van der Waals surface area contributed by atoms with Crippen LogP contribution in [0, 0.1) is 17.3 Å². The molecule has 0 heterocycles. The van der Waals surface area contributed by atoms with Crippen LogP contribution in [0.4, 0.5) is 0 Å². The average Bonchev–Trinajstić information content (AvgIpc) is 2.96. The highest BCUT2D eigenvalue weighted by Gasteiger charge is 2.56. The number of benzene rings is 1. The van der Waals surface area contributed by atoms with Crippen molar-refractivity contribution in [3.05, 3.63) is 28.8 Å². The zero-order valence-electron chi connectivity index (χ0n) is 18.0. The molecule has 8 nitrogen and oxygen atoms in total. The fraction of sp³-hybridized carbons (Fsp3) is 0.714. The number of hydrogen-bond acceptors (Lipinski definition) is 6. The van der Waals surface area contributed by atoms with Gasteiger partial charge in [-0.05, 0) is 90.9 Å². The van der Waals surface area contributed by atoms with E-state index in [0.29, 0.717) is 36.3 Å². The third kappa shape index (κ3) is 4.50. The first-order valence-electron chi connectivity index (χ1n) is 11.0. The van der Waals surface area contributed by atoms with Gasteiger partial charge in [-0.2, -0.15) is 22.0 Å². The van der Waals surface area contributed by atoms with Gasteiger partial charge < -0.3 is 4.18 Å². The molecule has 10 heteroatoms. The third-order valence-corrected chi connectivity index (χ3v) is 8.71. The zero-order chi connectivity index (χ0) is 22.6. The molecular weight excluding hydrogens is 440 g/mol.